The van der Waals surface area contributed by atoms with Crippen molar-refractivity contribution in [3.8, 4) is 5.75 Å². The number of benzene rings is 3. The molecule has 0 aliphatic carbocycles. The molecular weight excluding hydrogens is 348 g/mol. The minimum atomic E-state index is -0.941. The summed E-state index contributed by atoms with van der Waals surface area (Å²) in [4.78, 5) is 36.3. The van der Waals surface area contributed by atoms with E-state index in [4.69, 9.17) is 0 Å². The summed E-state index contributed by atoms with van der Waals surface area (Å²) in [6.45, 7) is 0. The van der Waals surface area contributed by atoms with E-state index in [1.54, 1.807) is 42.5 Å². The zero-order valence-electron chi connectivity index (χ0n) is 14.4. The van der Waals surface area contributed by atoms with Gasteiger partial charge >= 0.3 is 17.8 Å². The molecule has 0 saturated carbocycles. The fraction of sp³-hybridized carbons (Fsp3) is 0.0500. The lowest BCUT2D eigenvalue weighted by Gasteiger charge is -2.11. The number of para-hydroxylation sites is 1. The molecule has 7 heteroatoms. The molecule has 7 nitrogen and oxygen atoms in total. The number of aromatic hydroxyl groups is 1. The van der Waals surface area contributed by atoms with Gasteiger partial charge in [0.1, 0.15) is 5.75 Å². The van der Waals surface area contributed by atoms with Gasteiger partial charge < -0.3 is 20.5 Å². The quantitative estimate of drug-likeness (QED) is 0.490. The third-order valence-electron chi connectivity index (χ3n) is 3.93. The summed E-state index contributed by atoms with van der Waals surface area (Å²) in [5.74, 6) is -2.41. The Morgan fingerprint density at radius 3 is 2.11 bits per heavy atom. The van der Waals surface area contributed by atoms with Crippen molar-refractivity contribution in [2.45, 2.75) is 0 Å². The molecule has 2 amide bonds. The fourth-order valence-electron chi connectivity index (χ4n) is 2.64. The number of hydrogen-bond acceptors (Lipinski definition) is 5. The summed E-state index contributed by atoms with van der Waals surface area (Å²) in [7, 11) is 1.23. The van der Waals surface area contributed by atoms with Gasteiger partial charge in [0.2, 0.25) is 0 Å². The van der Waals surface area contributed by atoms with Crippen molar-refractivity contribution in [1.82, 2.24) is 0 Å². The van der Waals surface area contributed by atoms with E-state index < -0.39 is 17.8 Å². The first-order valence-corrected chi connectivity index (χ1v) is 8.01. The van der Waals surface area contributed by atoms with Gasteiger partial charge in [-0.2, -0.15) is 0 Å². The molecule has 3 N–H and O–H groups in total. The first kappa shape index (κ1) is 17.9. The number of phenols is 1. The molecule has 136 valence electrons. The summed E-state index contributed by atoms with van der Waals surface area (Å²) in [6, 6.07) is 16.1. The van der Waals surface area contributed by atoms with Crippen LogP contribution in [0.15, 0.2) is 60.7 Å². The number of methoxy groups -OCH3 is 1. The molecule has 0 unspecified atom stereocenters. The van der Waals surface area contributed by atoms with Gasteiger partial charge in [-0.05, 0) is 24.3 Å². The molecule has 0 fully saturated rings. The van der Waals surface area contributed by atoms with Gasteiger partial charge in [0.15, 0.2) is 0 Å². The van der Waals surface area contributed by atoms with Gasteiger partial charge in [0.25, 0.3) is 0 Å². The van der Waals surface area contributed by atoms with Crippen LogP contribution in [-0.4, -0.2) is 30.0 Å². The maximum atomic E-state index is 12.3. The van der Waals surface area contributed by atoms with Crippen LogP contribution in [0.1, 0.15) is 10.4 Å². The van der Waals surface area contributed by atoms with Crippen molar-refractivity contribution < 1.29 is 24.2 Å². The van der Waals surface area contributed by atoms with Gasteiger partial charge in [-0.15, -0.1) is 0 Å². The Labute approximate surface area is 154 Å². The molecule has 27 heavy (non-hydrogen) atoms. The van der Waals surface area contributed by atoms with Gasteiger partial charge in [-0.1, -0.05) is 36.4 Å². The van der Waals surface area contributed by atoms with E-state index in [9.17, 15) is 19.5 Å². The lowest BCUT2D eigenvalue weighted by Crippen LogP contribution is -2.29. The number of rotatable bonds is 3. The third-order valence-corrected chi connectivity index (χ3v) is 3.93. The van der Waals surface area contributed by atoms with E-state index in [0.29, 0.717) is 16.5 Å². The molecule has 0 bridgehead atoms. The summed E-state index contributed by atoms with van der Waals surface area (Å²) >= 11 is 0. The second-order valence-corrected chi connectivity index (χ2v) is 5.62. The van der Waals surface area contributed by atoms with Crippen LogP contribution in [0.25, 0.3) is 10.8 Å². The van der Waals surface area contributed by atoms with Gasteiger partial charge in [0, 0.05) is 16.5 Å². The number of phenolic OH excluding ortho intramolecular Hbond substituents is 1. The van der Waals surface area contributed by atoms with Crippen molar-refractivity contribution in [2.75, 3.05) is 17.7 Å². The Morgan fingerprint density at radius 2 is 1.37 bits per heavy atom. The lowest BCUT2D eigenvalue weighted by molar-refractivity contribution is -0.132. The highest BCUT2D eigenvalue weighted by Gasteiger charge is 2.19. The normalized spacial score (nSPS) is 10.3. The zero-order chi connectivity index (χ0) is 19.4. The standard InChI is InChI=1S/C20H16N2O5/c1-27-20(26)14-6-2-3-9-16(14)22-19(25)18(24)21-15-10-4-8-13-12(15)7-5-11-17(13)23/h2-11,23H,1H3,(H,21,24)(H,22,25). The Morgan fingerprint density at radius 1 is 0.778 bits per heavy atom. The first-order chi connectivity index (χ1) is 13.0. The summed E-state index contributed by atoms with van der Waals surface area (Å²) in [5.41, 5.74) is 0.682. The summed E-state index contributed by atoms with van der Waals surface area (Å²) in [5, 5.41) is 16.0. The minimum Gasteiger partial charge on any atom is -0.507 e. The van der Waals surface area contributed by atoms with Crippen LogP contribution in [0.4, 0.5) is 11.4 Å². The molecule has 0 aliphatic rings. The number of nitrogens with one attached hydrogen (secondary N) is 2. The number of ether oxygens (including phenoxy) is 1. The average molecular weight is 364 g/mol. The summed E-state index contributed by atoms with van der Waals surface area (Å²) in [6.07, 6.45) is 0. The van der Waals surface area contributed by atoms with Crippen LogP contribution in [0, 0.1) is 0 Å². The Kier molecular flexibility index (Phi) is 5.03. The van der Waals surface area contributed by atoms with E-state index in [0.717, 1.165) is 0 Å². The highest BCUT2D eigenvalue weighted by atomic mass is 16.5. The molecule has 0 aliphatic heterocycles. The van der Waals surface area contributed by atoms with E-state index in [1.165, 1.54) is 25.3 Å². The van der Waals surface area contributed by atoms with E-state index in [2.05, 4.69) is 15.4 Å². The topological polar surface area (TPSA) is 105 Å². The number of carbonyl (C=O) groups is 3. The third kappa shape index (κ3) is 3.72. The maximum Gasteiger partial charge on any atom is 0.339 e. The molecule has 3 aromatic carbocycles. The Bertz CT molecular complexity index is 1050. The molecule has 0 atom stereocenters. The summed E-state index contributed by atoms with van der Waals surface area (Å²) < 4.78 is 4.66. The number of anilines is 2. The van der Waals surface area contributed by atoms with Crippen molar-refractivity contribution in [1.29, 1.82) is 0 Å². The van der Waals surface area contributed by atoms with Crippen LogP contribution in [0.5, 0.6) is 5.75 Å². The Hall–Kier alpha value is -3.87. The molecule has 3 aromatic rings. The van der Waals surface area contributed by atoms with Crippen LogP contribution in [-0.2, 0) is 14.3 Å². The molecule has 3 rings (SSSR count). The number of amides is 2. The van der Waals surface area contributed by atoms with Crippen LogP contribution in [0.3, 0.4) is 0 Å². The van der Waals surface area contributed by atoms with E-state index in [1.807, 2.05) is 0 Å². The first-order valence-electron chi connectivity index (χ1n) is 8.01. The van der Waals surface area contributed by atoms with Crippen molar-refractivity contribution in [3.05, 3.63) is 66.2 Å². The van der Waals surface area contributed by atoms with Gasteiger partial charge in [-0.3, -0.25) is 9.59 Å². The van der Waals surface area contributed by atoms with Crippen LogP contribution >= 0.6 is 0 Å². The monoisotopic (exact) mass is 364 g/mol. The number of fused-ring (bicyclic) bond motifs is 1. The predicted molar refractivity (Wildman–Crippen MR) is 101 cm³/mol. The van der Waals surface area contributed by atoms with Gasteiger partial charge in [-0.25, -0.2) is 4.79 Å². The number of hydrogen-bond donors (Lipinski definition) is 3. The van der Waals surface area contributed by atoms with Gasteiger partial charge in [0.05, 0.1) is 18.4 Å². The van der Waals surface area contributed by atoms with Crippen LogP contribution in [0.2, 0.25) is 0 Å². The SMILES string of the molecule is COC(=O)c1ccccc1NC(=O)C(=O)Nc1cccc2c(O)cccc12. The van der Waals surface area contributed by atoms with Crippen molar-refractivity contribution >= 4 is 39.9 Å². The number of esters is 1. The second kappa shape index (κ2) is 7.57. The van der Waals surface area contributed by atoms with Crippen LogP contribution < -0.4 is 10.6 Å². The number of carbonyl (C=O) groups excluding carboxylic acids is 3. The second-order valence-electron chi connectivity index (χ2n) is 5.62. The smallest absolute Gasteiger partial charge is 0.339 e. The largest absolute Gasteiger partial charge is 0.507 e. The van der Waals surface area contributed by atoms with Crippen molar-refractivity contribution in [2.24, 2.45) is 0 Å². The fourth-order valence-corrected chi connectivity index (χ4v) is 2.64. The highest BCUT2D eigenvalue weighted by molar-refractivity contribution is 6.44. The highest BCUT2D eigenvalue weighted by Crippen LogP contribution is 2.29. The predicted octanol–water partition coefficient (Wildman–Crippen LogP) is 2.91. The molecule has 0 radical (unpaired) electrons. The Balaban J connectivity index is 1.81. The molecule has 0 heterocycles. The molecule has 0 aromatic heterocycles. The lowest BCUT2D eigenvalue weighted by atomic mass is 10.1. The molecule has 0 spiro atoms. The zero-order valence-corrected chi connectivity index (χ0v) is 14.4. The van der Waals surface area contributed by atoms with E-state index in [-0.39, 0.29) is 17.0 Å². The molecule has 0 saturated heterocycles. The van der Waals surface area contributed by atoms with Crippen molar-refractivity contribution in [3.63, 3.8) is 0 Å². The maximum absolute atomic E-state index is 12.3. The average Bonchev–Trinajstić information content (AvgIpc) is 2.68. The van der Waals surface area contributed by atoms with E-state index >= 15 is 0 Å². The minimum absolute atomic E-state index is 0.0695. The molecular formula is C20H16N2O5.